The van der Waals surface area contributed by atoms with Crippen molar-refractivity contribution in [1.82, 2.24) is 0 Å². The number of fused-ring (bicyclic) bond motifs is 1. The Bertz CT molecular complexity index is 165. The smallest absolute Gasteiger partial charge is 0.0501 e. The standard InChI is InChI=1S/C8H11ClO/c9-8-2-1-6-4-10-5-7(6)3-8/h2,6-7H,1,3-5H2/t6-,7-/m1/s1. The molecular formula is C8H11ClO. The summed E-state index contributed by atoms with van der Waals surface area (Å²) in [5, 5.41) is 1.03. The Morgan fingerprint density at radius 3 is 3.10 bits per heavy atom. The fourth-order valence-corrected chi connectivity index (χ4v) is 2.03. The molecule has 1 aliphatic heterocycles. The highest BCUT2D eigenvalue weighted by Crippen LogP contribution is 2.35. The molecule has 0 spiro atoms. The molecule has 0 aromatic heterocycles. The van der Waals surface area contributed by atoms with Gasteiger partial charge in [-0.25, -0.2) is 0 Å². The average molecular weight is 159 g/mol. The van der Waals surface area contributed by atoms with E-state index < -0.39 is 0 Å². The number of hydrogen-bond donors (Lipinski definition) is 0. The first kappa shape index (κ1) is 6.68. The highest BCUT2D eigenvalue weighted by molar-refractivity contribution is 6.29. The van der Waals surface area contributed by atoms with Crippen molar-refractivity contribution in [1.29, 1.82) is 0 Å². The minimum atomic E-state index is 0.720. The van der Waals surface area contributed by atoms with Crippen LogP contribution in [0, 0.1) is 11.8 Å². The van der Waals surface area contributed by atoms with Gasteiger partial charge in [-0.3, -0.25) is 0 Å². The van der Waals surface area contributed by atoms with Gasteiger partial charge < -0.3 is 4.74 Å². The first-order chi connectivity index (χ1) is 4.86. The van der Waals surface area contributed by atoms with Crippen LogP contribution in [-0.4, -0.2) is 13.2 Å². The first-order valence-electron chi connectivity index (χ1n) is 3.78. The van der Waals surface area contributed by atoms with Crippen molar-refractivity contribution < 1.29 is 4.74 Å². The zero-order valence-corrected chi connectivity index (χ0v) is 6.60. The topological polar surface area (TPSA) is 9.23 Å². The molecular weight excluding hydrogens is 148 g/mol. The van der Waals surface area contributed by atoms with Crippen molar-refractivity contribution in [3.05, 3.63) is 11.1 Å². The van der Waals surface area contributed by atoms with Crippen molar-refractivity contribution >= 4 is 11.6 Å². The quantitative estimate of drug-likeness (QED) is 0.525. The number of rotatable bonds is 0. The van der Waals surface area contributed by atoms with E-state index in [4.69, 9.17) is 16.3 Å². The normalized spacial score (nSPS) is 39.1. The van der Waals surface area contributed by atoms with Gasteiger partial charge in [-0.1, -0.05) is 17.7 Å². The second-order valence-electron chi connectivity index (χ2n) is 3.15. The Morgan fingerprint density at radius 2 is 2.20 bits per heavy atom. The number of hydrogen-bond acceptors (Lipinski definition) is 1. The molecule has 1 fully saturated rings. The SMILES string of the molecule is ClC1=CC[C@@H]2COC[C@H]2C1. The van der Waals surface area contributed by atoms with E-state index in [0.29, 0.717) is 0 Å². The van der Waals surface area contributed by atoms with Crippen LogP contribution in [0.15, 0.2) is 11.1 Å². The Kier molecular flexibility index (Phi) is 1.71. The molecule has 0 bridgehead atoms. The van der Waals surface area contributed by atoms with Gasteiger partial charge in [-0.05, 0) is 24.7 Å². The Morgan fingerprint density at radius 1 is 1.40 bits per heavy atom. The number of ether oxygens (including phenoxy) is 1. The molecule has 0 saturated carbocycles. The Balaban J connectivity index is 2.08. The first-order valence-corrected chi connectivity index (χ1v) is 4.16. The van der Waals surface area contributed by atoms with Gasteiger partial charge in [0.1, 0.15) is 0 Å². The van der Waals surface area contributed by atoms with Gasteiger partial charge in [-0.15, -0.1) is 0 Å². The maximum Gasteiger partial charge on any atom is 0.0501 e. The zero-order chi connectivity index (χ0) is 6.97. The molecule has 1 nitrogen and oxygen atoms in total. The van der Waals surface area contributed by atoms with Gasteiger partial charge in [0.25, 0.3) is 0 Å². The van der Waals surface area contributed by atoms with Crippen LogP contribution in [0.3, 0.4) is 0 Å². The lowest BCUT2D eigenvalue weighted by atomic mass is 9.86. The third-order valence-electron chi connectivity index (χ3n) is 2.43. The number of halogens is 1. The van der Waals surface area contributed by atoms with Crippen LogP contribution in [0.1, 0.15) is 12.8 Å². The molecule has 0 amide bonds. The second-order valence-corrected chi connectivity index (χ2v) is 3.63. The van der Waals surface area contributed by atoms with E-state index in [9.17, 15) is 0 Å². The van der Waals surface area contributed by atoms with Crippen molar-refractivity contribution in [2.45, 2.75) is 12.8 Å². The van der Waals surface area contributed by atoms with E-state index in [1.54, 1.807) is 0 Å². The van der Waals surface area contributed by atoms with Gasteiger partial charge in [0, 0.05) is 5.03 Å². The molecule has 1 heterocycles. The van der Waals surface area contributed by atoms with Crippen molar-refractivity contribution in [3.8, 4) is 0 Å². The van der Waals surface area contributed by atoms with E-state index in [0.717, 1.165) is 42.9 Å². The molecule has 2 heteroatoms. The monoisotopic (exact) mass is 158 g/mol. The minimum Gasteiger partial charge on any atom is -0.381 e. The Hall–Kier alpha value is -0.0100. The summed E-state index contributed by atoms with van der Waals surface area (Å²) in [6.07, 6.45) is 4.31. The summed E-state index contributed by atoms with van der Waals surface area (Å²) in [6.45, 7) is 1.88. The summed E-state index contributed by atoms with van der Waals surface area (Å²) in [6, 6.07) is 0. The van der Waals surface area contributed by atoms with E-state index in [1.165, 1.54) is 0 Å². The van der Waals surface area contributed by atoms with Crippen LogP contribution >= 0.6 is 11.6 Å². The second kappa shape index (κ2) is 2.55. The summed E-state index contributed by atoms with van der Waals surface area (Å²) in [7, 11) is 0. The maximum atomic E-state index is 5.89. The van der Waals surface area contributed by atoms with Crippen LogP contribution in [0.2, 0.25) is 0 Å². The summed E-state index contributed by atoms with van der Waals surface area (Å²) >= 11 is 5.89. The third-order valence-corrected chi connectivity index (χ3v) is 2.74. The summed E-state index contributed by atoms with van der Waals surface area (Å²) in [5.74, 6) is 1.49. The fraction of sp³-hybridized carbons (Fsp3) is 0.750. The molecule has 0 radical (unpaired) electrons. The van der Waals surface area contributed by atoms with E-state index in [-0.39, 0.29) is 0 Å². The summed E-state index contributed by atoms with van der Waals surface area (Å²) < 4.78 is 5.35. The molecule has 10 heavy (non-hydrogen) atoms. The zero-order valence-electron chi connectivity index (χ0n) is 5.85. The molecule has 2 atom stereocenters. The molecule has 0 aromatic rings. The lowest BCUT2D eigenvalue weighted by Crippen LogP contribution is -2.15. The number of allylic oxidation sites excluding steroid dienone is 2. The van der Waals surface area contributed by atoms with Crippen LogP contribution < -0.4 is 0 Å². The maximum absolute atomic E-state index is 5.89. The molecule has 0 aromatic carbocycles. The predicted molar refractivity (Wildman–Crippen MR) is 41.0 cm³/mol. The van der Waals surface area contributed by atoms with Gasteiger partial charge in [0.05, 0.1) is 13.2 Å². The van der Waals surface area contributed by atoms with Crippen molar-refractivity contribution in [2.75, 3.05) is 13.2 Å². The van der Waals surface area contributed by atoms with E-state index in [1.807, 2.05) is 0 Å². The van der Waals surface area contributed by atoms with Crippen molar-refractivity contribution in [2.24, 2.45) is 11.8 Å². The van der Waals surface area contributed by atoms with Gasteiger partial charge in [-0.2, -0.15) is 0 Å². The van der Waals surface area contributed by atoms with Crippen molar-refractivity contribution in [3.63, 3.8) is 0 Å². The molecule has 1 saturated heterocycles. The van der Waals surface area contributed by atoms with E-state index >= 15 is 0 Å². The lowest BCUT2D eigenvalue weighted by Gasteiger charge is -2.19. The molecule has 56 valence electrons. The van der Waals surface area contributed by atoms with E-state index in [2.05, 4.69) is 6.08 Å². The minimum absolute atomic E-state index is 0.720. The molecule has 0 N–H and O–H groups in total. The lowest BCUT2D eigenvalue weighted by molar-refractivity contribution is 0.181. The Labute approximate surface area is 66.0 Å². The van der Waals surface area contributed by atoms with Gasteiger partial charge in [0.2, 0.25) is 0 Å². The highest BCUT2D eigenvalue weighted by atomic mass is 35.5. The molecule has 0 unspecified atom stereocenters. The summed E-state index contributed by atoms with van der Waals surface area (Å²) in [4.78, 5) is 0. The van der Waals surface area contributed by atoms with Gasteiger partial charge in [0.15, 0.2) is 0 Å². The van der Waals surface area contributed by atoms with Crippen LogP contribution in [0.25, 0.3) is 0 Å². The van der Waals surface area contributed by atoms with Crippen LogP contribution in [0.4, 0.5) is 0 Å². The molecule has 1 aliphatic carbocycles. The predicted octanol–water partition coefficient (Wildman–Crippen LogP) is 2.17. The summed E-state index contributed by atoms with van der Waals surface area (Å²) in [5.41, 5.74) is 0. The molecule has 2 rings (SSSR count). The fourth-order valence-electron chi connectivity index (χ4n) is 1.74. The largest absolute Gasteiger partial charge is 0.381 e. The van der Waals surface area contributed by atoms with Crippen LogP contribution in [-0.2, 0) is 4.74 Å². The third kappa shape index (κ3) is 1.08. The highest BCUT2D eigenvalue weighted by Gasteiger charge is 2.30. The van der Waals surface area contributed by atoms with Gasteiger partial charge >= 0.3 is 0 Å². The van der Waals surface area contributed by atoms with Crippen LogP contribution in [0.5, 0.6) is 0 Å². The molecule has 2 aliphatic rings. The average Bonchev–Trinajstić information content (AvgIpc) is 2.33.